The van der Waals surface area contributed by atoms with Crippen molar-refractivity contribution in [3.63, 3.8) is 0 Å². The van der Waals surface area contributed by atoms with Crippen LogP contribution in [0.1, 0.15) is 42.6 Å². The summed E-state index contributed by atoms with van der Waals surface area (Å²) in [5, 5.41) is 0. The lowest BCUT2D eigenvalue weighted by molar-refractivity contribution is -0.129. The molecule has 6 nitrogen and oxygen atoms in total. The maximum Gasteiger partial charge on any atom is 0.250 e. The molecule has 1 heterocycles. The summed E-state index contributed by atoms with van der Waals surface area (Å²) in [5.41, 5.74) is 13.6. The fourth-order valence-electron chi connectivity index (χ4n) is 2.75. The number of para-hydroxylation sites is 1. The van der Waals surface area contributed by atoms with Crippen LogP contribution in [0.3, 0.4) is 0 Å². The lowest BCUT2D eigenvalue weighted by atomic mass is 10.0. The molecule has 1 aliphatic rings. The number of amides is 2. The van der Waals surface area contributed by atoms with E-state index in [9.17, 15) is 9.59 Å². The van der Waals surface area contributed by atoms with Crippen LogP contribution >= 0.6 is 0 Å². The number of carbonyl (C=O) groups is 2. The van der Waals surface area contributed by atoms with Gasteiger partial charge in [-0.1, -0.05) is 12.1 Å². The molecule has 2 rings (SSSR count). The van der Waals surface area contributed by atoms with E-state index in [1.165, 1.54) is 0 Å². The van der Waals surface area contributed by atoms with E-state index in [0.29, 0.717) is 11.3 Å². The van der Waals surface area contributed by atoms with Crippen LogP contribution in [-0.4, -0.2) is 41.6 Å². The second-order valence-corrected chi connectivity index (χ2v) is 5.58. The number of rotatable bonds is 3. The van der Waals surface area contributed by atoms with E-state index in [4.69, 9.17) is 16.5 Å². The molecular formula is C16H22N4O2. The van der Waals surface area contributed by atoms with Crippen molar-refractivity contribution >= 4 is 23.2 Å². The first kappa shape index (κ1) is 16.0. The molecule has 0 bridgehead atoms. The first-order valence-electron chi connectivity index (χ1n) is 7.38. The second-order valence-electron chi connectivity index (χ2n) is 5.58. The van der Waals surface area contributed by atoms with Crippen molar-refractivity contribution in [2.75, 3.05) is 18.8 Å². The maximum absolute atomic E-state index is 11.4. The largest absolute Gasteiger partial charge is 0.398 e. The highest BCUT2D eigenvalue weighted by Crippen LogP contribution is 2.20. The number of hydrogen-bond acceptors (Lipinski definition) is 4. The van der Waals surface area contributed by atoms with E-state index in [1.54, 1.807) is 19.1 Å². The SMILES string of the molecule is CC(=O)N1CCC(N=C(C)c2cccc(C(N)=O)c2N)CC1. The number of nitrogen functional groups attached to an aromatic ring is 1. The third-order valence-electron chi connectivity index (χ3n) is 4.05. The fourth-order valence-corrected chi connectivity index (χ4v) is 2.75. The highest BCUT2D eigenvalue weighted by atomic mass is 16.2. The van der Waals surface area contributed by atoms with Gasteiger partial charge in [0.15, 0.2) is 0 Å². The van der Waals surface area contributed by atoms with Gasteiger partial charge in [-0.25, -0.2) is 0 Å². The number of piperidine rings is 1. The van der Waals surface area contributed by atoms with Crippen molar-refractivity contribution < 1.29 is 9.59 Å². The van der Waals surface area contributed by atoms with Gasteiger partial charge in [-0.15, -0.1) is 0 Å². The first-order valence-corrected chi connectivity index (χ1v) is 7.38. The van der Waals surface area contributed by atoms with Crippen LogP contribution in [0.5, 0.6) is 0 Å². The molecular weight excluding hydrogens is 280 g/mol. The number of hydrogen-bond donors (Lipinski definition) is 2. The van der Waals surface area contributed by atoms with E-state index in [-0.39, 0.29) is 11.9 Å². The molecule has 22 heavy (non-hydrogen) atoms. The quantitative estimate of drug-likeness (QED) is 0.647. The molecule has 0 spiro atoms. The summed E-state index contributed by atoms with van der Waals surface area (Å²) in [6.45, 7) is 4.93. The van der Waals surface area contributed by atoms with Crippen LogP contribution in [0.2, 0.25) is 0 Å². The predicted molar refractivity (Wildman–Crippen MR) is 86.9 cm³/mol. The Balaban J connectivity index is 2.15. The van der Waals surface area contributed by atoms with Gasteiger partial charge in [-0.3, -0.25) is 14.6 Å². The van der Waals surface area contributed by atoms with E-state index in [2.05, 4.69) is 0 Å². The van der Waals surface area contributed by atoms with Crippen LogP contribution in [0, 0.1) is 0 Å². The number of nitrogens with two attached hydrogens (primary N) is 2. The minimum Gasteiger partial charge on any atom is -0.398 e. The van der Waals surface area contributed by atoms with Crippen LogP contribution < -0.4 is 11.5 Å². The summed E-state index contributed by atoms with van der Waals surface area (Å²) in [6, 6.07) is 5.38. The van der Waals surface area contributed by atoms with Gasteiger partial charge in [0.25, 0.3) is 5.91 Å². The van der Waals surface area contributed by atoms with E-state index < -0.39 is 5.91 Å². The zero-order chi connectivity index (χ0) is 16.3. The van der Waals surface area contributed by atoms with Gasteiger partial charge < -0.3 is 16.4 Å². The molecule has 118 valence electrons. The van der Waals surface area contributed by atoms with Crippen LogP contribution in [0.15, 0.2) is 23.2 Å². The standard InChI is InChI=1S/C16H22N4O2/c1-10(13-4-3-5-14(15(13)17)16(18)22)19-12-6-8-20(9-7-12)11(2)21/h3-5,12H,6-9,17H2,1-2H3,(H2,18,22). The van der Waals surface area contributed by atoms with E-state index >= 15 is 0 Å². The summed E-state index contributed by atoms with van der Waals surface area (Å²) in [7, 11) is 0. The number of benzene rings is 1. The maximum atomic E-state index is 11.4. The minimum absolute atomic E-state index is 0.109. The van der Waals surface area contributed by atoms with Gasteiger partial charge in [0, 0.05) is 31.3 Å². The van der Waals surface area contributed by atoms with Crippen LogP contribution in [0.4, 0.5) is 5.69 Å². The molecule has 0 atom stereocenters. The molecule has 0 aliphatic carbocycles. The Bertz CT molecular complexity index is 617. The average molecular weight is 302 g/mol. The Hall–Kier alpha value is -2.37. The molecule has 6 heteroatoms. The zero-order valence-corrected chi connectivity index (χ0v) is 13.0. The summed E-state index contributed by atoms with van der Waals surface area (Å²) >= 11 is 0. The number of aliphatic imine (C=N–C) groups is 1. The fraction of sp³-hybridized carbons (Fsp3) is 0.438. The molecule has 1 aromatic rings. The Morgan fingerprint density at radius 2 is 1.77 bits per heavy atom. The number of likely N-dealkylation sites (tertiary alicyclic amines) is 1. The third kappa shape index (κ3) is 3.44. The summed E-state index contributed by atoms with van der Waals surface area (Å²) in [4.78, 5) is 29.2. The predicted octanol–water partition coefficient (Wildman–Crippen LogP) is 1.19. The van der Waals surface area contributed by atoms with Gasteiger partial charge in [-0.2, -0.15) is 0 Å². The van der Waals surface area contributed by atoms with Crippen molar-refractivity contribution in [3.05, 3.63) is 29.3 Å². The summed E-state index contributed by atoms with van der Waals surface area (Å²) in [6.07, 6.45) is 1.68. The molecule has 1 fully saturated rings. The van der Waals surface area contributed by atoms with Crippen LogP contribution in [-0.2, 0) is 4.79 Å². The molecule has 4 N–H and O–H groups in total. The highest BCUT2D eigenvalue weighted by molar-refractivity contribution is 6.08. The lowest BCUT2D eigenvalue weighted by Gasteiger charge is -2.29. The van der Waals surface area contributed by atoms with Crippen molar-refractivity contribution in [1.29, 1.82) is 0 Å². The molecule has 1 aliphatic heterocycles. The van der Waals surface area contributed by atoms with Crippen molar-refractivity contribution in [1.82, 2.24) is 4.90 Å². The number of primary amides is 1. The van der Waals surface area contributed by atoms with Crippen molar-refractivity contribution in [2.45, 2.75) is 32.7 Å². The first-order chi connectivity index (χ1) is 10.4. The van der Waals surface area contributed by atoms with Gasteiger partial charge >= 0.3 is 0 Å². The van der Waals surface area contributed by atoms with E-state index in [1.807, 2.05) is 17.9 Å². The van der Waals surface area contributed by atoms with Crippen molar-refractivity contribution in [2.24, 2.45) is 10.7 Å². The molecule has 0 aromatic heterocycles. The van der Waals surface area contributed by atoms with E-state index in [0.717, 1.165) is 37.2 Å². The second kappa shape index (κ2) is 6.60. The molecule has 0 unspecified atom stereocenters. The highest BCUT2D eigenvalue weighted by Gasteiger charge is 2.20. The van der Waals surface area contributed by atoms with Gasteiger partial charge in [0.2, 0.25) is 5.91 Å². The van der Waals surface area contributed by atoms with Crippen molar-refractivity contribution in [3.8, 4) is 0 Å². The molecule has 0 radical (unpaired) electrons. The average Bonchev–Trinajstić information content (AvgIpc) is 2.47. The normalized spacial score (nSPS) is 16.6. The zero-order valence-electron chi connectivity index (χ0n) is 13.0. The lowest BCUT2D eigenvalue weighted by Crippen LogP contribution is -2.38. The molecule has 0 saturated carbocycles. The Labute approximate surface area is 130 Å². The molecule has 2 amide bonds. The number of nitrogens with zero attached hydrogens (tertiary/aromatic N) is 2. The topological polar surface area (TPSA) is 102 Å². The Morgan fingerprint density at radius 3 is 2.32 bits per heavy atom. The Morgan fingerprint density at radius 1 is 1.18 bits per heavy atom. The van der Waals surface area contributed by atoms with Gasteiger partial charge in [0.1, 0.15) is 0 Å². The smallest absolute Gasteiger partial charge is 0.250 e. The van der Waals surface area contributed by atoms with Gasteiger partial charge in [-0.05, 0) is 25.8 Å². The van der Waals surface area contributed by atoms with Gasteiger partial charge in [0.05, 0.1) is 17.3 Å². The molecule has 1 saturated heterocycles. The number of anilines is 1. The Kier molecular flexibility index (Phi) is 4.80. The summed E-state index contributed by atoms with van der Waals surface area (Å²) < 4.78 is 0. The summed E-state index contributed by atoms with van der Waals surface area (Å²) in [5.74, 6) is -0.431. The van der Waals surface area contributed by atoms with Crippen LogP contribution in [0.25, 0.3) is 0 Å². The third-order valence-corrected chi connectivity index (χ3v) is 4.05. The number of carbonyl (C=O) groups excluding carboxylic acids is 2. The monoisotopic (exact) mass is 302 g/mol. The minimum atomic E-state index is -0.540. The molecule has 1 aromatic carbocycles.